The van der Waals surface area contributed by atoms with E-state index in [0.717, 1.165) is 27.4 Å². The van der Waals surface area contributed by atoms with Crippen LogP contribution < -0.4 is 0 Å². The van der Waals surface area contributed by atoms with Crippen LogP contribution in [-0.4, -0.2) is 35.6 Å². The molecule has 0 saturated heterocycles. The lowest BCUT2D eigenvalue weighted by Gasteiger charge is -2.09. The molecule has 7 nitrogen and oxygen atoms in total. The molecule has 2 aromatic carbocycles. The SMILES string of the molecule is CCOC(=O)c1ncc2[nH]c3ccc(C(=O)OCc4ccccc4)cc3c2c1COC. The van der Waals surface area contributed by atoms with Gasteiger partial charge in [-0.1, -0.05) is 30.3 Å². The quantitative estimate of drug-likeness (QED) is 0.448. The van der Waals surface area contributed by atoms with Gasteiger partial charge in [0.25, 0.3) is 0 Å². The molecular weight excluding hydrogens is 396 g/mol. The number of carbonyl (C=O) groups excluding carboxylic acids is 2. The second-order valence-corrected chi connectivity index (χ2v) is 6.97. The third kappa shape index (κ3) is 4.13. The van der Waals surface area contributed by atoms with Gasteiger partial charge in [-0.25, -0.2) is 14.6 Å². The number of nitrogens with zero attached hydrogens (tertiary/aromatic N) is 1. The normalized spacial score (nSPS) is 11.0. The Bertz CT molecular complexity index is 1250. The van der Waals surface area contributed by atoms with Crippen LogP contribution in [0.5, 0.6) is 0 Å². The van der Waals surface area contributed by atoms with Crippen molar-refractivity contribution in [3.8, 4) is 0 Å². The van der Waals surface area contributed by atoms with Gasteiger partial charge >= 0.3 is 11.9 Å². The Kier molecular flexibility index (Phi) is 5.95. The Hall–Kier alpha value is -3.71. The van der Waals surface area contributed by atoms with E-state index >= 15 is 0 Å². The minimum Gasteiger partial charge on any atom is -0.461 e. The highest BCUT2D eigenvalue weighted by Crippen LogP contribution is 2.31. The summed E-state index contributed by atoms with van der Waals surface area (Å²) in [4.78, 5) is 32.6. The molecule has 0 aliphatic heterocycles. The second kappa shape index (κ2) is 8.97. The summed E-state index contributed by atoms with van der Waals surface area (Å²) < 4.78 is 15.9. The largest absolute Gasteiger partial charge is 0.461 e. The molecule has 0 saturated carbocycles. The van der Waals surface area contributed by atoms with Crippen molar-refractivity contribution in [2.24, 2.45) is 0 Å². The topological polar surface area (TPSA) is 90.5 Å². The molecule has 31 heavy (non-hydrogen) atoms. The van der Waals surface area contributed by atoms with Crippen molar-refractivity contribution < 1.29 is 23.8 Å². The molecule has 2 aromatic heterocycles. The van der Waals surface area contributed by atoms with Crippen LogP contribution in [0.25, 0.3) is 21.8 Å². The number of nitrogens with one attached hydrogen (secondary N) is 1. The highest BCUT2D eigenvalue weighted by atomic mass is 16.5. The molecule has 1 N–H and O–H groups in total. The van der Waals surface area contributed by atoms with Crippen molar-refractivity contribution in [3.05, 3.63) is 77.1 Å². The molecule has 0 aliphatic rings. The lowest BCUT2D eigenvalue weighted by atomic mass is 10.0. The first-order chi connectivity index (χ1) is 15.1. The van der Waals surface area contributed by atoms with Crippen LogP contribution in [0.3, 0.4) is 0 Å². The third-order valence-corrected chi connectivity index (χ3v) is 4.94. The van der Waals surface area contributed by atoms with Crippen LogP contribution in [0, 0.1) is 0 Å². The number of hydrogen-bond acceptors (Lipinski definition) is 6. The number of methoxy groups -OCH3 is 1. The van der Waals surface area contributed by atoms with Gasteiger partial charge in [-0.05, 0) is 30.7 Å². The molecule has 0 unspecified atom stereocenters. The van der Waals surface area contributed by atoms with Crippen molar-refractivity contribution in [3.63, 3.8) is 0 Å². The minimum absolute atomic E-state index is 0.175. The zero-order chi connectivity index (χ0) is 21.8. The predicted octanol–water partition coefficient (Wildman–Crippen LogP) is 4.40. The maximum Gasteiger partial charge on any atom is 0.357 e. The van der Waals surface area contributed by atoms with Gasteiger partial charge in [0.1, 0.15) is 6.61 Å². The number of pyridine rings is 1. The molecule has 0 amide bonds. The summed E-state index contributed by atoms with van der Waals surface area (Å²) in [6, 6.07) is 14.8. The number of ether oxygens (including phenoxy) is 3. The lowest BCUT2D eigenvalue weighted by molar-refractivity contribution is 0.0471. The van der Waals surface area contributed by atoms with Crippen LogP contribution in [0.1, 0.15) is 38.9 Å². The minimum atomic E-state index is -0.510. The summed E-state index contributed by atoms with van der Waals surface area (Å²) in [5.41, 5.74) is 3.70. The molecule has 4 rings (SSSR count). The van der Waals surface area contributed by atoms with Crippen LogP contribution in [0.15, 0.2) is 54.7 Å². The first kappa shape index (κ1) is 20.6. The van der Waals surface area contributed by atoms with Gasteiger partial charge in [0.2, 0.25) is 0 Å². The zero-order valence-electron chi connectivity index (χ0n) is 17.3. The Morgan fingerprint density at radius 1 is 0.968 bits per heavy atom. The molecular formula is C24H22N2O5. The summed E-state index contributed by atoms with van der Waals surface area (Å²) in [7, 11) is 1.55. The highest BCUT2D eigenvalue weighted by molar-refractivity contribution is 6.12. The number of fused-ring (bicyclic) bond motifs is 3. The average molecular weight is 418 g/mol. The van der Waals surface area contributed by atoms with Crippen LogP contribution in [-0.2, 0) is 27.4 Å². The smallest absolute Gasteiger partial charge is 0.357 e. The Morgan fingerprint density at radius 2 is 1.77 bits per heavy atom. The van der Waals surface area contributed by atoms with Crippen LogP contribution in [0.2, 0.25) is 0 Å². The Morgan fingerprint density at radius 3 is 2.52 bits per heavy atom. The summed E-state index contributed by atoms with van der Waals surface area (Å²) in [5.74, 6) is -0.933. The van der Waals surface area contributed by atoms with E-state index in [4.69, 9.17) is 14.2 Å². The fourth-order valence-electron chi connectivity index (χ4n) is 3.55. The van der Waals surface area contributed by atoms with E-state index in [1.807, 2.05) is 36.4 Å². The van der Waals surface area contributed by atoms with Crippen molar-refractivity contribution in [1.82, 2.24) is 9.97 Å². The first-order valence-electron chi connectivity index (χ1n) is 9.92. The monoisotopic (exact) mass is 418 g/mol. The van der Waals surface area contributed by atoms with Gasteiger partial charge in [-0.15, -0.1) is 0 Å². The molecule has 4 aromatic rings. The van der Waals surface area contributed by atoms with E-state index in [-0.39, 0.29) is 25.5 Å². The van der Waals surface area contributed by atoms with Crippen molar-refractivity contribution in [1.29, 1.82) is 0 Å². The molecule has 158 valence electrons. The number of hydrogen-bond donors (Lipinski definition) is 1. The molecule has 2 heterocycles. The van der Waals surface area contributed by atoms with Crippen molar-refractivity contribution in [2.75, 3.05) is 13.7 Å². The van der Waals surface area contributed by atoms with E-state index in [0.29, 0.717) is 11.1 Å². The maximum absolute atomic E-state index is 12.6. The lowest BCUT2D eigenvalue weighted by Crippen LogP contribution is -2.11. The standard InChI is InChI=1S/C24H22N2O5/c1-3-30-24(28)22-18(14-29-2)21-17-11-16(9-10-19(17)26-20(21)12-25-22)23(27)31-13-15-7-5-4-6-8-15/h4-12,26H,3,13-14H2,1-2H3. The number of benzene rings is 2. The molecule has 0 fully saturated rings. The summed E-state index contributed by atoms with van der Waals surface area (Å²) >= 11 is 0. The summed E-state index contributed by atoms with van der Waals surface area (Å²) in [5, 5.41) is 1.55. The maximum atomic E-state index is 12.6. The number of aromatic amines is 1. The van der Waals surface area contributed by atoms with E-state index < -0.39 is 11.9 Å². The summed E-state index contributed by atoms with van der Waals surface area (Å²) in [6.45, 7) is 2.35. The van der Waals surface area contributed by atoms with Crippen LogP contribution >= 0.6 is 0 Å². The molecule has 0 spiro atoms. The number of H-pyrrole nitrogens is 1. The van der Waals surface area contributed by atoms with Crippen molar-refractivity contribution in [2.45, 2.75) is 20.1 Å². The van der Waals surface area contributed by atoms with Crippen LogP contribution in [0.4, 0.5) is 0 Å². The zero-order valence-corrected chi connectivity index (χ0v) is 17.3. The summed E-state index contributed by atoms with van der Waals surface area (Å²) in [6.07, 6.45) is 1.59. The predicted molar refractivity (Wildman–Crippen MR) is 116 cm³/mol. The number of aromatic nitrogens is 2. The van der Waals surface area contributed by atoms with E-state index in [9.17, 15) is 9.59 Å². The van der Waals surface area contributed by atoms with Gasteiger partial charge in [0.15, 0.2) is 5.69 Å². The van der Waals surface area contributed by atoms with E-state index in [1.54, 1.807) is 32.4 Å². The van der Waals surface area contributed by atoms with E-state index in [1.165, 1.54) is 0 Å². The molecule has 0 radical (unpaired) electrons. The number of esters is 2. The molecule has 0 atom stereocenters. The fourth-order valence-corrected chi connectivity index (χ4v) is 3.55. The Balaban J connectivity index is 1.75. The molecule has 0 aliphatic carbocycles. The van der Waals surface area contributed by atoms with Crippen molar-refractivity contribution >= 4 is 33.7 Å². The van der Waals surface area contributed by atoms with Gasteiger partial charge in [0.05, 0.1) is 30.5 Å². The Labute approximate surface area is 178 Å². The second-order valence-electron chi connectivity index (χ2n) is 6.97. The third-order valence-electron chi connectivity index (χ3n) is 4.94. The number of rotatable bonds is 7. The van der Waals surface area contributed by atoms with Gasteiger partial charge in [-0.3, -0.25) is 0 Å². The number of carbonyl (C=O) groups is 2. The average Bonchev–Trinajstić information content (AvgIpc) is 3.17. The fraction of sp³-hybridized carbons (Fsp3) is 0.208. The molecule has 0 bridgehead atoms. The van der Waals surface area contributed by atoms with Gasteiger partial charge in [0, 0.05) is 29.0 Å². The van der Waals surface area contributed by atoms with E-state index in [2.05, 4.69) is 9.97 Å². The highest BCUT2D eigenvalue weighted by Gasteiger charge is 2.21. The van der Waals surface area contributed by atoms with Gasteiger partial charge in [-0.2, -0.15) is 0 Å². The first-order valence-corrected chi connectivity index (χ1v) is 9.92. The van der Waals surface area contributed by atoms with Gasteiger partial charge < -0.3 is 19.2 Å². The molecule has 7 heteroatoms.